The molecule has 102 valence electrons. The van der Waals surface area contributed by atoms with Crippen LogP contribution in [0.25, 0.3) is 0 Å². The average molecular weight is 262 g/mol. The second-order valence-corrected chi connectivity index (χ2v) is 4.80. The Balaban J connectivity index is 0. The van der Waals surface area contributed by atoms with Gasteiger partial charge in [-0.05, 0) is 39.5 Å². The second-order valence-electron chi connectivity index (χ2n) is 4.80. The number of aliphatic imine (C=N–C) groups is 2. The molecule has 3 nitrogen and oxygen atoms in total. The molecule has 0 rings (SSSR count). The monoisotopic (exact) mass is 261 g/mol. The molecule has 0 amide bonds. The summed E-state index contributed by atoms with van der Waals surface area (Å²) in [7, 11) is 0. The fraction of sp³-hybridized carbons (Fsp3) is 0.923. The molecule has 0 fully saturated rings. The number of halogens is 1. The Morgan fingerprint density at radius 3 is 1.94 bits per heavy atom. The van der Waals surface area contributed by atoms with Crippen molar-refractivity contribution >= 4 is 18.4 Å². The minimum Gasteiger partial charge on any atom is -0.325 e. The summed E-state index contributed by atoms with van der Waals surface area (Å²) in [6, 6.07) is 2.82. The number of rotatable bonds is 7. The lowest BCUT2D eigenvalue weighted by Gasteiger charge is -2.34. The molecule has 0 heterocycles. The molecular weight excluding hydrogens is 234 g/mol. The summed E-state index contributed by atoms with van der Waals surface area (Å²) in [5.41, 5.74) is 6.00. The Hall–Kier alpha value is -0.370. The number of nitrogens with two attached hydrogens (primary N) is 1. The van der Waals surface area contributed by atoms with Crippen LogP contribution in [0.3, 0.4) is 0 Å². The molecule has 0 saturated heterocycles. The third kappa shape index (κ3) is 6.82. The summed E-state index contributed by atoms with van der Waals surface area (Å²) in [5.74, 6) is 0. The molecule has 0 saturated carbocycles. The third-order valence-electron chi connectivity index (χ3n) is 3.37. The van der Waals surface area contributed by atoms with Crippen LogP contribution in [0.15, 0.2) is 9.98 Å². The van der Waals surface area contributed by atoms with Gasteiger partial charge in [0.05, 0.1) is 11.5 Å². The smallest absolute Gasteiger partial charge is 0.0898 e. The standard InChI is InChI=1S/C13H27N3.ClH/c1-6-12(5,14)10-13(7-2,8-3)16-11-15-9-4;/h6-10,14H2,1-5H3;1H. The Kier molecular flexibility index (Phi) is 9.69. The van der Waals surface area contributed by atoms with Crippen molar-refractivity contribution in [2.45, 2.75) is 71.4 Å². The molecule has 0 aliphatic carbocycles. The van der Waals surface area contributed by atoms with Crippen LogP contribution in [0.5, 0.6) is 0 Å². The third-order valence-corrected chi connectivity index (χ3v) is 3.37. The summed E-state index contributed by atoms with van der Waals surface area (Å²) in [4.78, 5) is 8.57. The quantitative estimate of drug-likeness (QED) is 0.699. The number of hydrogen-bond donors (Lipinski definition) is 1. The molecular formula is C13H28ClN3. The van der Waals surface area contributed by atoms with Gasteiger partial charge in [-0.3, -0.25) is 0 Å². The summed E-state index contributed by atoms with van der Waals surface area (Å²) in [6.07, 6.45) is 3.84. The van der Waals surface area contributed by atoms with Gasteiger partial charge in [0.15, 0.2) is 0 Å². The molecule has 1 atom stereocenters. The largest absolute Gasteiger partial charge is 0.325 e. The molecule has 0 aromatic rings. The van der Waals surface area contributed by atoms with E-state index in [1.54, 1.807) is 0 Å². The molecule has 0 aliphatic heterocycles. The van der Waals surface area contributed by atoms with E-state index >= 15 is 0 Å². The highest BCUT2D eigenvalue weighted by molar-refractivity contribution is 5.85. The summed E-state index contributed by atoms with van der Waals surface area (Å²) in [6.45, 7) is 11.3. The van der Waals surface area contributed by atoms with E-state index in [0.29, 0.717) is 0 Å². The highest BCUT2D eigenvalue weighted by atomic mass is 35.5. The molecule has 0 spiro atoms. The van der Waals surface area contributed by atoms with Gasteiger partial charge in [-0.25, -0.2) is 9.98 Å². The van der Waals surface area contributed by atoms with Gasteiger partial charge >= 0.3 is 0 Å². The van der Waals surface area contributed by atoms with Crippen LogP contribution >= 0.6 is 12.4 Å². The highest BCUT2D eigenvalue weighted by Gasteiger charge is 2.32. The van der Waals surface area contributed by atoms with Crippen LogP contribution in [0.1, 0.15) is 60.3 Å². The van der Waals surface area contributed by atoms with Crippen LogP contribution in [-0.4, -0.2) is 23.6 Å². The van der Waals surface area contributed by atoms with Crippen molar-refractivity contribution in [1.82, 2.24) is 0 Å². The van der Waals surface area contributed by atoms with Crippen LogP contribution in [0.2, 0.25) is 0 Å². The van der Waals surface area contributed by atoms with Crippen molar-refractivity contribution in [3.8, 4) is 0 Å². The molecule has 0 aromatic carbocycles. The van der Waals surface area contributed by atoms with Gasteiger partial charge in [0.2, 0.25) is 0 Å². The Labute approximate surface area is 112 Å². The molecule has 0 aromatic heterocycles. The second kappa shape index (κ2) is 8.68. The van der Waals surface area contributed by atoms with E-state index in [2.05, 4.69) is 43.7 Å². The Bertz CT molecular complexity index is 251. The lowest BCUT2D eigenvalue weighted by atomic mass is 9.79. The van der Waals surface area contributed by atoms with Gasteiger partial charge in [0, 0.05) is 12.1 Å². The van der Waals surface area contributed by atoms with Crippen molar-refractivity contribution in [3.05, 3.63) is 0 Å². The fourth-order valence-electron chi connectivity index (χ4n) is 1.79. The Morgan fingerprint density at radius 2 is 1.59 bits per heavy atom. The van der Waals surface area contributed by atoms with Crippen molar-refractivity contribution in [3.63, 3.8) is 0 Å². The minimum absolute atomic E-state index is 0. The summed E-state index contributed by atoms with van der Waals surface area (Å²) in [5, 5.41) is 0. The molecule has 2 N–H and O–H groups in total. The topological polar surface area (TPSA) is 50.7 Å². The SMILES string of the molecule is CCN=C=NC(CC)(CC)CC(C)(N)CC.Cl. The lowest BCUT2D eigenvalue weighted by Crippen LogP contribution is -2.44. The van der Waals surface area contributed by atoms with E-state index in [1.165, 1.54) is 0 Å². The Morgan fingerprint density at radius 1 is 1.06 bits per heavy atom. The van der Waals surface area contributed by atoms with Gasteiger partial charge in [0.25, 0.3) is 0 Å². The first-order valence-electron chi connectivity index (χ1n) is 6.37. The predicted octanol–water partition coefficient (Wildman–Crippen LogP) is 3.68. The lowest BCUT2D eigenvalue weighted by molar-refractivity contribution is 0.273. The average Bonchev–Trinajstić information content (AvgIpc) is 2.28. The first kappa shape index (κ1) is 19.0. The van der Waals surface area contributed by atoms with E-state index in [-0.39, 0.29) is 23.5 Å². The van der Waals surface area contributed by atoms with Gasteiger partial charge in [0.1, 0.15) is 0 Å². The zero-order valence-electron chi connectivity index (χ0n) is 11.9. The van der Waals surface area contributed by atoms with E-state index in [1.807, 2.05) is 6.92 Å². The van der Waals surface area contributed by atoms with E-state index < -0.39 is 0 Å². The fourth-order valence-corrected chi connectivity index (χ4v) is 1.79. The van der Waals surface area contributed by atoms with E-state index in [0.717, 1.165) is 32.2 Å². The summed E-state index contributed by atoms with van der Waals surface area (Å²) < 4.78 is 0. The van der Waals surface area contributed by atoms with Crippen LogP contribution < -0.4 is 5.73 Å². The molecule has 1 unspecified atom stereocenters. The maximum absolute atomic E-state index is 6.24. The molecule has 0 aliphatic rings. The molecule has 0 radical (unpaired) electrons. The summed E-state index contributed by atoms with van der Waals surface area (Å²) >= 11 is 0. The van der Waals surface area contributed by atoms with Crippen molar-refractivity contribution in [1.29, 1.82) is 0 Å². The van der Waals surface area contributed by atoms with E-state index in [4.69, 9.17) is 5.73 Å². The van der Waals surface area contributed by atoms with Gasteiger partial charge < -0.3 is 5.73 Å². The zero-order chi connectivity index (χ0) is 12.7. The zero-order valence-corrected chi connectivity index (χ0v) is 12.7. The molecule has 0 bridgehead atoms. The minimum atomic E-state index is -0.149. The van der Waals surface area contributed by atoms with Gasteiger partial charge in [-0.1, -0.05) is 20.8 Å². The van der Waals surface area contributed by atoms with Crippen molar-refractivity contribution in [2.75, 3.05) is 6.54 Å². The molecule has 17 heavy (non-hydrogen) atoms. The first-order chi connectivity index (χ1) is 7.45. The number of hydrogen-bond acceptors (Lipinski definition) is 3. The first-order valence-corrected chi connectivity index (χ1v) is 6.37. The maximum atomic E-state index is 6.24. The van der Waals surface area contributed by atoms with Crippen LogP contribution in [-0.2, 0) is 0 Å². The van der Waals surface area contributed by atoms with Gasteiger partial charge in [-0.2, -0.15) is 0 Å². The van der Waals surface area contributed by atoms with Crippen molar-refractivity contribution in [2.24, 2.45) is 15.7 Å². The van der Waals surface area contributed by atoms with E-state index in [9.17, 15) is 0 Å². The highest BCUT2D eigenvalue weighted by Crippen LogP contribution is 2.30. The molecule has 4 heteroatoms. The maximum Gasteiger partial charge on any atom is 0.0898 e. The normalized spacial score (nSPS) is 14.2. The van der Waals surface area contributed by atoms with Gasteiger partial charge in [-0.15, -0.1) is 12.4 Å². The number of nitrogens with zero attached hydrogens (tertiary/aromatic N) is 2. The van der Waals surface area contributed by atoms with Crippen LogP contribution in [0, 0.1) is 0 Å². The predicted molar refractivity (Wildman–Crippen MR) is 78.5 cm³/mol. The van der Waals surface area contributed by atoms with Crippen LogP contribution in [0.4, 0.5) is 0 Å². The van der Waals surface area contributed by atoms with Crippen molar-refractivity contribution < 1.29 is 0 Å².